The molecule has 70 valence electrons. The minimum Gasteiger partial charge on any atom is -0.365 e. The quantitative estimate of drug-likeness (QED) is 0.646. The molecule has 1 fully saturated rings. The highest BCUT2D eigenvalue weighted by Gasteiger charge is 2.51. The molecule has 0 aromatic carbocycles. The molecule has 0 aliphatic heterocycles. The summed E-state index contributed by atoms with van der Waals surface area (Å²) in [5, 5.41) is 0. The second kappa shape index (κ2) is 3.17. The van der Waals surface area contributed by atoms with Crippen molar-refractivity contribution in [2.75, 3.05) is 0 Å². The van der Waals surface area contributed by atoms with Gasteiger partial charge >= 0.3 is 0 Å². The summed E-state index contributed by atoms with van der Waals surface area (Å²) in [6.45, 7) is 7.83. The molecule has 1 aliphatic rings. The highest BCUT2D eigenvalue weighted by Crippen LogP contribution is 2.43. The predicted molar refractivity (Wildman–Crippen MR) is 48.0 cm³/mol. The van der Waals surface area contributed by atoms with Crippen LogP contribution in [0.15, 0.2) is 0 Å². The fourth-order valence-corrected chi connectivity index (χ4v) is 1.51. The molecular formula is C10H18O2. The summed E-state index contributed by atoms with van der Waals surface area (Å²) in [6.07, 6.45) is 2.00. The highest BCUT2D eigenvalue weighted by atomic mass is 16.5. The molecule has 0 aromatic heterocycles. The lowest BCUT2D eigenvalue weighted by atomic mass is 10.0. The fraction of sp³-hybridized carbons (Fsp3) is 0.900. The maximum Gasteiger partial charge on any atom is 0.167 e. The molecule has 0 amide bonds. The van der Waals surface area contributed by atoms with Gasteiger partial charge in [-0.25, -0.2) is 0 Å². The number of hydrogen-bond acceptors (Lipinski definition) is 2. The summed E-state index contributed by atoms with van der Waals surface area (Å²) >= 11 is 0. The minimum absolute atomic E-state index is 0.103. The molecule has 0 spiro atoms. The first-order chi connectivity index (χ1) is 5.48. The van der Waals surface area contributed by atoms with E-state index in [9.17, 15) is 4.79 Å². The monoisotopic (exact) mass is 170 g/mol. The molecular weight excluding hydrogens is 152 g/mol. The minimum atomic E-state index is -0.387. The second-order valence-corrected chi connectivity index (χ2v) is 4.18. The van der Waals surface area contributed by atoms with Crippen molar-refractivity contribution >= 4 is 5.78 Å². The van der Waals surface area contributed by atoms with E-state index >= 15 is 0 Å². The van der Waals surface area contributed by atoms with Gasteiger partial charge in [0.2, 0.25) is 0 Å². The fourth-order valence-electron chi connectivity index (χ4n) is 1.51. The average Bonchev–Trinajstić information content (AvgIpc) is 2.66. The third kappa shape index (κ3) is 1.86. The SMILES string of the molecule is CC(C)OC1(C(=O)C(C)C)CC1. The van der Waals surface area contributed by atoms with Gasteiger partial charge in [0, 0.05) is 5.92 Å². The van der Waals surface area contributed by atoms with Gasteiger partial charge < -0.3 is 4.74 Å². The van der Waals surface area contributed by atoms with E-state index in [1.807, 2.05) is 27.7 Å². The van der Waals surface area contributed by atoms with E-state index in [2.05, 4.69) is 0 Å². The summed E-state index contributed by atoms with van der Waals surface area (Å²) in [6, 6.07) is 0. The van der Waals surface area contributed by atoms with Gasteiger partial charge in [-0.05, 0) is 26.7 Å². The van der Waals surface area contributed by atoms with Gasteiger partial charge in [-0.15, -0.1) is 0 Å². The Labute approximate surface area is 74.3 Å². The van der Waals surface area contributed by atoms with Crippen LogP contribution in [0.25, 0.3) is 0 Å². The van der Waals surface area contributed by atoms with Crippen molar-refractivity contribution < 1.29 is 9.53 Å². The van der Waals surface area contributed by atoms with Crippen LogP contribution < -0.4 is 0 Å². The molecule has 0 atom stereocenters. The topological polar surface area (TPSA) is 26.3 Å². The van der Waals surface area contributed by atoms with E-state index in [1.165, 1.54) is 0 Å². The third-order valence-electron chi connectivity index (χ3n) is 2.14. The molecule has 1 saturated carbocycles. The molecule has 0 radical (unpaired) electrons. The number of carbonyl (C=O) groups is 1. The Morgan fingerprint density at radius 3 is 2.00 bits per heavy atom. The first-order valence-electron chi connectivity index (χ1n) is 4.70. The maximum atomic E-state index is 11.6. The van der Waals surface area contributed by atoms with Gasteiger partial charge in [-0.2, -0.15) is 0 Å². The molecule has 0 N–H and O–H groups in total. The summed E-state index contributed by atoms with van der Waals surface area (Å²) in [5.74, 6) is 0.377. The maximum absolute atomic E-state index is 11.6. The van der Waals surface area contributed by atoms with Crippen molar-refractivity contribution in [3.8, 4) is 0 Å². The van der Waals surface area contributed by atoms with Crippen LogP contribution in [0.1, 0.15) is 40.5 Å². The van der Waals surface area contributed by atoms with Crippen LogP contribution in [0.2, 0.25) is 0 Å². The summed E-state index contributed by atoms with van der Waals surface area (Å²) in [7, 11) is 0. The Hall–Kier alpha value is -0.370. The number of ether oxygens (including phenoxy) is 1. The molecule has 1 aliphatic carbocycles. The molecule has 1 rings (SSSR count). The lowest BCUT2D eigenvalue weighted by Crippen LogP contribution is -2.32. The molecule has 0 unspecified atom stereocenters. The Kier molecular flexibility index (Phi) is 2.57. The zero-order valence-electron chi connectivity index (χ0n) is 8.39. The lowest BCUT2D eigenvalue weighted by molar-refractivity contribution is -0.139. The zero-order chi connectivity index (χ0) is 9.35. The van der Waals surface area contributed by atoms with Crippen molar-refractivity contribution in [2.45, 2.75) is 52.2 Å². The van der Waals surface area contributed by atoms with Crippen LogP contribution in [0.3, 0.4) is 0 Å². The number of ketones is 1. The number of hydrogen-bond donors (Lipinski definition) is 0. The van der Waals surface area contributed by atoms with Crippen LogP contribution in [-0.4, -0.2) is 17.5 Å². The van der Waals surface area contributed by atoms with Gasteiger partial charge in [0.15, 0.2) is 5.78 Å². The lowest BCUT2D eigenvalue weighted by Gasteiger charge is -2.19. The Balaban J connectivity index is 2.54. The van der Waals surface area contributed by atoms with Crippen LogP contribution in [-0.2, 0) is 9.53 Å². The molecule has 12 heavy (non-hydrogen) atoms. The Morgan fingerprint density at radius 1 is 1.25 bits per heavy atom. The van der Waals surface area contributed by atoms with Crippen molar-refractivity contribution in [2.24, 2.45) is 5.92 Å². The zero-order valence-corrected chi connectivity index (χ0v) is 8.39. The summed E-state index contributed by atoms with van der Waals surface area (Å²) in [5.41, 5.74) is -0.387. The number of Topliss-reactive ketones (excluding diaryl/α,β-unsaturated/α-hetero) is 1. The van der Waals surface area contributed by atoms with Crippen LogP contribution in [0, 0.1) is 5.92 Å². The molecule has 2 nitrogen and oxygen atoms in total. The van der Waals surface area contributed by atoms with Gasteiger partial charge in [0.1, 0.15) is 5.60 Å². The molecule has 2 heteroatoms. The Bertz CT molecular complexity index is 178. The predicted octanol–water partition coefficient (Wildman–Crippen LogP) is 2.17. The van der Waals surface area contributed by atoms with Crippen molar-refractivity contribution in [3.63, 3.8) is 0 Å². The largest absolute Gasteiger partial charge is 0.365 e. The standard InChI is InChI=1S/C10H18O2/c1-7(2)9(11)10(5-6-10)12-8(3)4/h7-8H,5-6H2,1-4H3. The highest BCUT2D eigenvalue weighted by molar-refractivity contribution is 5.91. The second-order valence-electron chi connectivity index (χ2n) is 4.18. The number of rotatable bonds is 4. The smallest absolute Gasteiger partial charge is 0.167 e. The van der Waals surface area contributed by atoms with E-state index in [0.717, 1.165) is 12.8 Å². The first kappa shape index (κ1) is 9.72. The summed E-state index contributed by atoms with van der Waals surface area (Å²) < 4.78 is 5.62. The summed E-state index contributed by atoms with van der Waals surface area (Å²) in [4.78, 5) is 11.6. The van der Waals surface area contributed by atoms with Crippen molar-refractivity contribution in [1.29, 1.82) is 0 Å². The van der Waals surface area contributed by atoms with E-state index in [4.69, 9.17) is 4.74 Å². The van der Waals surface area contributed by atoms with Gasteiger partial charge in [-0.1, -0.05) is 13.8 Å². The van der Waals surface area contributed by atoms with E-state index in [1.54, 1.807) is 0 Å². The first-order valence-corrected chi connectivity index (χ1v) is 4.70. The van der Waals surface area contributed by atoms with Crippen molar-refractivity contribution in [3.05, 3.63) is 0 Å². The van der Waals surface area contributed by atoms with Crippen molar-refractivity contribution in [1.82, 2.24) is 0 Å². The van der Waals surface area contributed by atoms with Crippen LogP contribution in [0.5, 0.6) is 0 Å². The van der Waals surface area contributed by atoms with Gasteiger partial charge in [0.05, 0.1) is 6.10 Å². The molecule has 0 saturated heterocycles. The average molecular weight is 170 g/mol. The van der Waals surface area contributed by atoms with E-state index in [-0.39, 0.29) is 23.4 Å². The normalized spacial score (nSPS) is 20.2. The van der Waals surface area contributed by atoms with E-state index in [0.29, 0.717) is 0 Å². The van der Waals surface area contributed by atoms with Gasteiger partial charge in [0.25, 0.3) is 0 Å². The molecule has 0 heterocycles. The van der Waals surface area contributed by atoms with Crippen LogP contribution >= 0.6 is 0 Å². The van der Waals surface area contributed by atoms with Crippen LogP contribution in [0.4, 0.5) is 0 Å². The molecule has 0 bridgehead atoms. The molecule has 0 aromatic rings. The van der Waals surface area contributed by atoms with E-state index < -0.39 is 0 Å². The van der Waals surface area contributed by atoms with Gasteiger partial charge in [-0.3, -0.25) is 4.79 Å². The number of carbonyl (C=O) groups excluding carboxylic acids is 1. The third-order valence-corrected chi connectivity index (χ3v) is 2.14. The Morgan fingerprint density at radius 2 is 1.75 bits per heavy atom.